The first-order valence-corrected chi connectivity index (χ1v) is 4.59. The Morgan fingerprint density at radius 3 is 2.85 bits per heavy atom. The molecule has 13 heavy (non-hydrogen) atoms. The zero-order valence-electron chi connectivity index (χ0n) is 8.02. The quantitative estimate of drug-likeness (QED) is 0.641. The highest BCUT2D eigenvalue weighted by atomic mass is 14.7. The summed E-state index contributed by atoms with van der Waals surface area (Å²) in [4.78, 5) is 3.39. The standard InChI is InChI=1S/C11H14N2/c1-3-10-7(2)9-6-8(12)4-5-11(9)13-10/h4-6,13H,3,12H2,1-2H3. The number of fused-ring (bicyclic) bond motifs is 1. The molecule has 3 N–H and O–H groups in total. The number of H-pyrrole nitrogens is 1. The Kier molecular flexibility index (Phi) is 1.76. The van der Waals surface area contributed by atoms with Crippen molar-refractivity contribution in [2.75, 3.05) is 5.73 Å². The molecule has 1 aromatic heterocycles. The minimum absolute atomic E-state index is 0.831. The van der Waals surface area contributed by atoms with Crippen molar-refractivity contribution < 1.29 is 0 Å². The molecule has 0 aliphatic carbocycles. The number of aromatic nitrogens is 1. The molecule has 0 amide bonds. The zero-order valence-corrected chi connectivity index (χ0v) is 8.02. The van der Waals surface area contributed by atoms with Gasteiger partial charge in [0.1, 0.15) is 0 Å². The van der Waals surface area contributed by atoms with Crippen LogP contribution in [0.2, 0.25) is 0 Å². The fourth-order valence-electron chi connectivity index (χ4n) is 1.75. The molecule has 0 aliphatic rings. The normalized spacial score (nSPS) is 10.9. The minimum Gasteiger partial charge on any atom is -0.399 e. The molecule has 2 aromatic rings. The minimum atomic E-state index is 0.831. The molecule has 1 aromatic carbocycles. The van der Waals surface area contributed by atoms with Gasteiger partial charge in [0.2, 0.25) is 0 Å². The molecule has 0 spiro atoms. The highest BCUT2D eigenvalue weighted by Gasteiger charge is 2.05. The van der Waals surface area contributed by atoms with Crippen molar-refractivity contribution in [2.45, 2.75) is 20.3 Å². The lowest BCUT2D eigenvalue weighted by Gasteiger charge is -1.94. The second-order valence-electron chi connectivity index (χ2n) is 3.39. The highest BCUT2D eigenvalue weighted by Crippen LogP contribution is 2.23. The Labute approximate surface area is 77.8 Å². The van der Waals surface area contributed by atoms with E-state index in [2.05, 4.69) is 18.8 Å². The summed E-state index contributed by atoms with van der Waals surface area (Å²) in [5.74, 6) is 0. The number of hydrogen-bond donors (Lipinski definition) is 2. The Morgan fingerprint density at radius 1 is 1.38 bits per heavy atom. The van der Waals surface area contributed by atoms with Gasteiger partial charge in [-0.15, -0.1) is 0 Å². The number of nitrogens with two attached hydrogens (primary N) is 1. The molecule has 0 fully saturated rings. The number of nitrogen functional groups attached to an aromatic ring is 1. The van der Waals surface area contributed by atoms with Gasteiger partial charge in [0, 0.05) is 22.3 Å². The van der Waals surface area contributed by atoms with E-state index in [-0.39, 0.29) is 0 Å². The number of benzene rings is 1. The van der Waals surface area contributed by atoms with Crippen LogP contribution in [0.15, 0.2) is 18.2 Å². The summed E-state index contributed by atoms with van der Waals surface area (Å²) in [6, 6.07) is 5.99. The molecule has 2 heteroatoms. The van der Waals surface area contributed by atoms with Crippen molar-refractivity contribution in [3.63, 3.8) is 0 Å². The molecule has 68 valence electrons. The molecule has 0 atom stereocenters. The van der Waals surface area contributed by atoms with Gasteiger partial charge >= 0.3 is 0 Å². The van der Waals surface area contributed by atoms with Gasteiger partial charge in [-0.1, -0.05) is 6.92 Å². The molecule has 0 saturated heterocycles. The van der Waals surface area contributed by atoms with E-state index in [0.717, 1.165) is 12.1 Å². The third kappa shape index (κ3) is 1.18. The second-order valence-corrected chi connectivity index (χ2v) is 3.39. The first-order valence-electron chi connectivity index (χ1n) is 4.59. The van der Waals surface area contributed by atoms with Crippen molar-refractivity contribution in [3.05, 3.63) is 29.5 Å². The van der Waals surface area contributed by atoms with Crippen molar-refractivity contribution in [1.29, 1.82) is 0 Å². The van der Waals surface area contributed by atoms with Crippen LogP contribution >= 0.6 is 0 Å². The average Bonchev–Trinajstić information content (AvgIpc) is 2.44. The van der Waals surface area contributed by atoms with E-state index in [1.165, 1.54) is 22.2 Å². The van der Waals surface area contributed by atoms with Gasteiger partial charge in [-0.05, 0) is 37.1 Å². The third-order valence-corrected chi connectivity index (χ3v) is 2.54. The molecule has 0 bridgehead atoms. The molecule has 0 unspecified atom stereocenters. The number of anilines is 1. The summed E-state index contributed by atoms with van der Waals surface area (Å²) in [6.45, 7) is 4.29. The van der Waals surface area contributed by atoms with Gasteiger partial charge in [-0.25, -0.2) is 0 Å². The lowest BCUT2D eigenvalue weighted by atomic mass is 10.1. The van der Waals surface area contributed by atoms with Crippen LogP contribution in [0.25, 0.3) is 10.9 Å². The van der Waals surface area contributed by atoms with Crippen LogP contribution in [-0.4, -0.2) is 4.98 Å². The smallest absolute Gasteiger partial charge is 0.0460 e. The molecular formula is C11H14N2. The van der Waals surface area contributed by atoms with Crippen LogP contribution in [-0.2, 0) is 6.42 Å². The SMILES string of the molecule is CCc1[nH]c2ccc(N)cc2c1C. The second kappa shape index (κ2) is 2.80. The van der Waals surface area contributed by atoms with E-state index in [1.54, 1.807) is 0 Å². The summed E-state index contributed by atoms with van der Waals surface area (Å²) < 4.78 is 0. The Hall–Kier alpha value is -1.44. The largest absolute Gasteiger partial charge is 0.399 e. The summed E-state index contributed by atoms with van der Waals surface area (Å²) in [6.07, 6.45) is 1.04. The first kappa shape index (κ1) is 8.17. The molecule has 0 saturated carbocycles. The molecule has 0 radical (unpaired) electrons. The van der Waals surface area contributed by atoms with Gasteiger partial charge in [-0.2, -0.15) is 0 Å². The van der Waals surface area contributed by atoms with E-state index in [9.17, 15) is 0 Å². The number of aromatic amines is 1. The predicted octanol–water partition coefficient (Wildman–Crippen LogP) is 2.62. The maximum atomic E-state index is 5.73. The van der Waals surface area contributed by atoms with Crippen LogP contribution in [0.3, 0.4) is 0 Å². The number of aryl methyl sites for hydroxylation is 2. The molecule has 2 nitrogen and oxygen atoms in total. The van der Waals surface area contributed by atoms with Crippen LogP contribution < -0.4 is 5.73 Å². The summed E-state index contributed by atoms with van der Waals surface area (Å²) in [5, 5.41) is 1.25. The first-order chi connectivity index (χ1) is 6.22. The summed E-state index contributed by atoms with van der Waals surface area (Å²) in [5.41, 5.74) is 10.4. The number of nitrogens with one attached hydrogen (secondary N) is 1. The summed E-state index contributed by atoms with van der Waals surface area (Å²) in [7, 11) is 0. The topological polar surface area (TPSA) is 41.8 Å². The summed E-state index contributed by atoms with van der Waals surface area (Å²) >= 11 is 0. The van der Waals surface area contributed by atoms with E-state index in [0.29, 0.717) is 0 Å². The van der Waals surface area contributed by atoms with Gasteiger partial charge in [0.25, 0.3) is 0 Å². The molecular weight excluding hydrogens is 160 g/mol. The maximum absolute atomic E-state index is 5.73. The Balaban J connectivity index is 2.77. The molecule has 2 rings (SSSR count). The van der Waals surface area contributed by atoms with E-state index >= 15 is 0 Å². The fraction of sp³-hybridized carbons (Fsp3) is 0.273. The average molecular weight is 174 g/mol. The highest BCUT2D eigenvalue weighted by molar-refractivity contribution is 5.87. The monoisotopic (exact) mass is 174 g/mol. The van der Waals surface area contributed by atoms with Crippen LogP contribution in [0.4, 0.5) is 5.69 Å². The van der Waals surface area contributed by atoms with Crippen molar-refractivity contribution >= 4 is 16.6 Å². The van der Waals surface area contributed by atoms with Crippen molar-refractivity contribution in [2.24, 2.45) is 0 Å². The predicted molar refractivity (Wildman–Crippen MR) is 56.8 cm³/mol. The van der Waals surface area contributed by atoms with Crippen LogP contribution in [0.1, 0.15) is 18.2 Å². The van der Waals surface area contributed by atoms with Gasteiger partial charge < -0.3 is 10.7 Å². The third-order valence-electron chi connectivity index (χ3n) is 2.54. The zero-order chi connectivity index (χ0) is 9.42. The maximum Gasteiger partial charge on any atom is 0.0460 e. The van der Waals surface area contributed by atoms with E-state index in [4.69, 9.17) is 5.73 Å². The number of rotatable bonds is 1. The van der Waals surface area contributed by atoms with E-state index in [1.807, 2.05) is 18.2 Å². The van der Waals surface area contributed by atoms with Crippen molar-refractivity contribution in [3.8, 4) is 0 Å². The van der Waals surface area contributed by atoms with Crippen molar-refractivity contribution in [1.82, 2.24) is 4.98 Å². The fourth-order valence-corrected chi connectivity index (χ4v) is 1.75. The van der Waals surface area contributed by atoms with E-state index < -0.39 is 0 Å². The molecule has 1 heterocycles. The Morgan fingerprint density at radius 2 is 2.15 bits per heavy atom. The van der Waals surface area contributed by atoms with Crippen LogP contribution in [0, 0.1) is 6.92 Å². The van der Waals surface area contributed by atoms with Gasteiger partial charge in [-0.3, -0.25) is 0 Å². The Bertz CT molecular complexity index is 441. The lowest BCUT2D eigenvalue weighted by Crippen LogP contribution is -1.82. The number of hydrogen-bond acceptors (Lipinski definition) is 1. The van der Waals surface area contributed by atoms with Crippen LogP contribution in [0.5, 0.6) is 0 Å². The van der Waals surface area contributed by atoms with Gasteiger partial charge in [0.15, 0.2) is 0 Å². The van der Waals surface area contributed by atoms with Gasteiger partial charge in [0.05, 0.1) is 0 Å². The lowest BCUT2D eigenvalue weighted by molar-refractivity contribution is 1.05. The molecule has 0 aliphatic heterocycles.